The third-order valence-electron chi connectivity index (χ3n) is 3.15. The van der Waals surface area contributed by atoms with Gasteiger partial charge in [0.25, 0.3) is 0 Å². The van der Waals surface area contributed by atoms with Crippen molar-refractivity contribution < 1.29 is 4.79 Å². The molecule has 0 aromatic rings. The Morgan fingerprint density at radius 2 is 1.93 bits per heavy atom. The lowest BCUT2D eigenvalue weighted by Gasteiger charge is -2.20. The van der Waals surface area contributed by atoms with E-state index in [1.807, 2.05) is 0 Å². The van der Waals surface area contributed by atoms with E-state index in [1.54, 1.807) is 0 Å². The Hall–Kier alpha value is -0.570. The maximum Gasteiger partial charge on any atom is 0.233 e. The predicted octanol–water partition coefficient (Wildman–Crippen LogP) is 1.68. The van der Waals surface area contributed by atoms with E-state index in [0.717, 1.165) is 6.54 Å². The monoisotopic (exact) mass is 212 g/mol. The van der Waals surface area contributed by atoms with Crippen molar-refractivity contribution in [2.24, 2.45) is 5.41 Å². The van der Waals surface area contributed by atoms with Crippen LogP contribution in [-0.2, 0) is 4.79 Å². The summed E-state index contributed by atoms with van der Waals surface area (Å²) in [5, 5.41) is 6.19. The van der Waals surface area contributed by atoms with E-state index in [9.17, 15) is 4.79 Å². The van der Waals surface area contributed by atoms with Crippen LogP contribution >= 0.6 is 0 Å². The zero-order chi connectivity index (χ0) is 11.5. The molecule has 0 unspecified atom stereocenters. The smallest absolute Gasteiger partial charge is 0.233 e. The number of amides is 1. The van der Waals surface area contributed by atoms with Crippen molar-refractivity contribution in [2.75, 3.05) is 13.1 Å². The molecule has 0 aromatic heterocycles. The topological polar surface area (TPSA) is 41.1 Å². The molecule has 1 fully saturated rings. The van der Waals surface area contributed by atoms with Crippen LogP contribution < -0.4 is 10.6 Å². The maximum atomic E-state index is 11.5. The summed E-state index contributed by atoms with van der Waals surface area (Å²) in [6.45, 7) is 9.67. The van der Waals surface area contributed by atoms with Crippen LogP contribution in [0.5, 0.6) is 0 Å². The van der Waals surface area contributed by atoms with Gasteiger partial charge in [0.2, 0.25) is 5.91 Å². The summed E-state index contributed by atoms with van der Waals surface area (Å²) in [6, 6.07) is 0. The highest BCUT2D eigenvalue weighted by atomic mass is 16.1. The van der Waals surface area contributed by atoms with Crippen LogP contribution in [0.1, 0.15) is 47.0 Å². The van der Waals surface area contributed by atoms with Gasteiger partial charge in [-0.05, 0) is 45.4 Å². The van der Waals surface area contributed by atoms with E-state index in [4.69, 9.17) is 0 Å². The number of hydrogen-bond donors (Lipinski definition) is 2. The number of hydrogen-bond acceptors (Lipinski definition) is 2. The molecule has 1 saturated carbocycles. The molecular formula is C12H24N2O. The highest BCUT2D eigenvalue weighted by Crippen LogP contribution is 2.47. The highest BCUT2D eigenvalue weighted by molar-refractivity contribution is 5.78. The van der Waals surface area contributed by atoms with Gasteiger partial charge < -0.3 is 10.6 Å². The molecule has 0 bridgehead atoms. The van der Waals surface area contributed by atoms with Gasteiger partial charge >= 0.3 is 0 Å². The molecule has 0 radical (unpaired) electrons. The van der Waals surface area contributed by atoms with Gasteiger partial charge in [0.15, 0.2) is 0 Å². The second kappa shape index (κ2) is 4.52. The minimum atomic E-state index is 0.0133. The van der Waals surface area contributed by atoms with Crippen molar-refractivity contribution in [3.05, 3.63) is 0 Å². The first-order valence-electron chi connectivity index (χ1n) is 5.89. The van der Waals surface area contributed by atoms with Crippen molar-refractivity contribution >= 4 is 5.91 Å². The van der Waals surface area contributed by atoms with Crippen LogP contribution in [0.25, 0.3) is 0 Å². The lowest BCUT2D eigenvalue weighted by atomic mass is 10.0. The Bertz CT molecular complexity index is 226. The molecule has 3 heteroatoms. The molecule has 0 saturated heterocycles. The van der Waals surface area contributed by atoms with Crippen LogP contribution in [0, 0.1) is 5.41 Å². The van der Waals surface area contributed by atoms with Gasteiger partial charge in [-0.25, -0.2) is 0 Å². The van der Waals surface area contributed by atoms with Crippen LogP contribution in [0.3, 0.4) is 0 Å². The SMILES string of the molecule is CCC1(CNC(=O)CNC(C)(C)C)CC1. The lowest BCUT2D eigenvalue weighted by molar-refractivity contribution is -0.120. The van der Waals surface area contributed by atoms with E-state index < -0.39 is 0 Å². The van der Waals surface area contributed by atoms with E-state index in [0.29, 0.717) is 12.0 Å². The molecule has 88 valence electrons. The van der Waals surface area contributed by atoms with Gasteiger partial charge in [-0.3, -0.25) is 4.79 Å². The quantitative estimate of drug-likeness (QED) is 0.728. The third-order valence-corrected chi connectivity index (χ3v) is 3.15. The molecule has 15 heavy (non-hydrogen) atoms. The molecule has 2 N–H and O–H groups in total. The summed E-state index contributed by atoms with van der Waals surface area (Å²) in [6.07, 6.45) is 3.73. The summed E-state index contributed by atoms with van der Waals surface area (Å²) in [5.74, 6) is 0.115. The largest absolute Gasteiger partial charge is 0.354 e. The zero-order valence-electron chi connectivity index (χ0n) is 10.4. The normalized spacial score (nSPS) is 18.7. The van der Waals surface area contributed by atoms with Crippen LogP contribution in [-0.4, -0.2) is 24.5 Å². The fourth-order valence-corrected chi connectivity index (χ4v) is 1.53. The second-order valence-corrected chi connectivity index (χ2v) is 5.73. The van der Waals surface area contributed by atoms with E-state index in [1.165, 1.54) is 19.3 Å². The van der Waals surface area contributed by atoms with Crippen LogP contribution in [0.15, 0.2) is 0 Å². The second-order valence-electron chi connectivity index (χ2n) is 5.73. The van der Waals surface area contributed by atoms with Crippen molar-refractivity contribution in [3.63, 3.8) is 0 Å². The number of carbonyl (C=O) groups is 1. The van der Waals surface area contributed by atoms with E-state index in [-0.39, 0.29) is 11.4 Å². The first-order valence-corrected chi connectivity index (χ1v) is 5.89. The molecule has 1 aliphatic rings. The van der Waals surface area contributed by atoms with E-state index >= 15 is 0 Å². The third kappa shape index (κ3) is 4.65. The molecule has 1 amide bonds. The summed E-state index contributed by atoms with van der Waals surface area (Å²) < 4.78 is 0. The summed E-state index contributed by atoms with van der Waals surface area (Å²) in [7, 11) is 0. The number of carbonyl (C=O) groups excluding carboxylic acids is 1. The van der Waals surface area contributed by atoms with E-state index in [2.05, 4.69) is 38.3 Å². The van der Waals surface area contributed by atoms with Gasteiger partial charge in [0, 0.05) is 12.1 Å². The average Bonchev–Trinajstić information content (AvgIpc) is 2.91. The van der Waals surface area contributed by atoms with Gasteiger partial charge in [-0.2, -0.15) is 0 Å². The van der Waals surface area contributed by atoms with Crippen molar-refractivity contribution in [1.82, 2.24) is 10.6 Å². The van der Waals surface area contributed by atoms with Crippen LogP contribution in [0.4, 0.5) is 0 Å². The Morgan fingerprint density at radius 3 is 2.33 bits per heavy atom. The fraction of sp³-hybridized carbons (Fsp3) is 0.917. The standard InChI is InChI=1S/C12H24N2O/c1-5-12(6-7-12)9-13-10(15)8-14-11(2,3)4/h14H,5-9H2,1-4H3,(H,13,15). The fourth-order valence-electron chi connectivity index (χ4n) is 1.53. The molecule has 0 aliphatic heterocycles. The Morgan fingerprint density at radius 1 is 1.33 bits per heavy atom. The van der Waals surface area contributed by atoms with Gasteiger partial charge in [-0.1, -0.05) is 6.92 Å². The average molecular weight is 212 g/mol. The summed E-state index contributed by atoms with van der Waals surface area (Å²) in [4.78, 5) is 11.5. The minimum absolute atomic E-state index is 0.0133. The molecular weight excluding hydrogens is 188 g/mol. The Kier molecular flexibility index (Phi) is 3.77. The first kappa shape index (κ1) is 12.5. The molecule has 3 nitrogen and oxygen atoms in total. The molecule has 0 atom stereocenters. The molecule has 0 spiro atoms. The summed E-state index contributed by atoms with van der Waals surface area (Å²) in [5.41, 5.74) is 0.455. The lowest BCUT2D eigenvalue weighted by Crippen LogP contribution is -2.44. The Balaban J connectivity index is 2.14. The molecule has 1 aliphatic carbocycles. The number of nitrogens with one attached hydrogen (secondary N) is 2. The highest BCUT2D eigenvalue weighted by Gasteiger charge is 2.40. The molecule has 0 heterocycles. The van der Waals surface area contributed by atoms with Crippen molar-refractivity contribution in [2.45, 2.75) is 52.5 Å². The van der Waals surface area contributed by atoms with Crippen molar-refractivity contribution in [3.8, 4) is 0 Å². The predicted molar refractivity (Wildman–Crippen MR) is 62.7 cm³/mol. The van der Waals surface area contributed by atoms with Gasteiger partial charge in [-0.15, -0.1) is 0 Å². The van der Waals surface area contributed by atoms with Gasteiger partial charge in [0.05, 0.1) is 6.54 Å². The maximum absolute atomic E-state index is 11.5. The zero-order valence-corrected chi connectivity index (χ0v) is 10.4. The van der Waals surface area contributed by atoms with Gasteiger partial charge in [0.1, 0.15) is 0 Å². The first-order chi connectivity index (χ1) is 6.87. The molecule has 1 rings (SSSR count). The number of rotatable bonds is 5. The molecule has 0 aromatic carbocycles. The summed E-state index contributed by atoms with van der Waals surface area (Å²) >= 11 is 0. The van der Waals surface area contributed by atoms with Crippen molar-refractivity contribution in [1.29, 1.82) is 0 Å². The minimum Gasteiger partial charge on any atom is -0.354 e. The Labute approximate surface area is 93.0 Å². The van der Waals surface area contributed by atoms with Crippen LogP contribution in [0.2, 0.25) is 0 Å².